The molecule has 3 amide bonds. The number of urea groups is 1. The van der Waals surface area contributed by atoms with Gasteiger partial charge in [0.2, 0.25) is 0 Å². The minimum Gasteiger partial charge on any atom is -0.456 e. The Labute approximate surface area is 297 Å². The van der Waals surface area contributed by atoms with Crippen molar-refractivity contribution < 1.29 is 27.6 Å². The number of hydrogen-bond donors (Lipinski definition) is 4. The number of ether oxygens (including phenoxy) is 1. The third-order valence-corrected chi connectivity index (χ3v) is 12.4. The Balaban J connectivity index is 1.44. The van der Waals surface area contributed by atoms with Crippen LogP contribution in [0.2, 0.25) is 6.04 Å². The van der Waals surface area contributed by atoms with Crippen LogP contribution in [-0.4, -0.2) is 78.2 Å². The van der Waals surface area contributed by atoms with E-state index in [4.69, 9.17) is 18.0 Å². The van der Waals surface area contributed by atoms with E-state index in [1.54, 1.807) is 0 Å². The molecule has 11 nitrogen and oxygen atoms in total. The summed E-state index contributed by atoms with van der Waals surface area (Å²) in [5.41, 5.74) is 6.44. The summed E-state index contributed by atoms with van der Waals surface area (Å²) in [6, 6.07) is 16.5. The molecule has 2 aliphatic heterocycles. The molecule has 12 heteroatoms. The highest BCUT2D eigenvalue weighted by atomic mass is 28.4. The molecule has 4 N–H and O–H groups in total. The molecule has 1 spiro atoms. The first kappa shape index (κ1) is 37.2. The Kier molecular flexibility index (Phi) is 12.1. The van der Waals surface area contributed by atoms with Crippen molar-refractivity contribution in [3.8, 4) is 11.5 Å². The first-order chi connectivity index (χ1) is 24.2. The van der Waals surface area contributed by atoms with Gasteiger partial charge in [0.15, 0.2) is 0 Å². The van der Waals surface area contributed by atoms with Gasteiger partial charge in [0, 0.05) is 98.8 Å². The lowest BCUT2D eigenvalue weighted by Gasteiger charge is -2.45. The van der Waals surface area contributed by atoms with Crippen LogP contribution in [-0.2, 0) is 18.8 Å². The largest absolute Gasteiger partial charge is 0.500 e. The molecule has 270 valence electrons. The van der Waals surface area contributed by atoms with Gasteiger partial charge in [-0.15, -0.1) is 0 Å². The highest BCUT2D eigenvalue weighted by Gasteiger charge is 2.56. The number of carbonyl (C=O) groups is 2. The quantitative estimate of drug-likeness (QED) is 0.0900. The van der Waals surface area contributed by atoms with E-state index >= 15 is 0 Å². The van der Waals surface area contributed by atoms with E-state index in [0.29, 0.717) is 55.9 Å². The van der Waals surface area contributed by atoms with E-state index in [0.717, 1.165) is 52.3 Å². The summed E-state index contributed by atoms with van der Waals surface area (Å²) in [5.74, 6) is 1.29. The van der Waals surface area contributed by atoms with Crippen LogP contribution >= 0.6 is 0 Å². The van der Waals surface area contributed by atoms with Crippen molar-refractivity contribution in [3.63, 3.8) is 0 Å². The van der Waals surface area contributed by atoms with E-state index in [-0.39, 0.29) is 25.0 Å². The lowest BCUT2D eigenvalue weighted by atomic mass is 9.73. The Hall–Kier alpha value is -4.10. The predicted molar refractivity (Wildman–Crippen MR) is 200 cm³/mol. The molecule has 0 saturated heterocycles. The van der Waals surface area contributed by atoms with Gasteiger partial charge in [-0.3, -0.25) is 4.79 Å². The van der Waals surface area contributed by atoms with Gasteiger partial charge in [0.05, 0.1) is 0 Å². The maximum atomic E-state index is 14.4. The van der Waals surface area contributed by atoms with Crippen LogP contribution in [0.3, 0.4) is 0 Å². The van der Waals surface area contributed by atoms with Crippen LogP contribution in [0.1, 0.15) is 79.2 Å². The highest BCUT2D eigenvalue weighted by molar-refractivity contribution is 6.60. The topological polar surface area (TPSA) is 122 Å². The monoisotopic (exact) mass is 703 g/mol. The van der Waals surface area contributed by atoms with Gasteiger partial charge in [0.25, 0.3) is 5.91 Å². The Morgan fingerprint density at radius 3 is 1.86 bits per heavy atom. The van der Waals surface area contributed by atoms with Gasteiger partial charge in [0.1, 0.15) is 17.0 Å². The highest BCUT2D eigenvalue weighted by Crippen LogP contribution is 2.58. The van der Waals surface area contributed by atoms with Crippen molar-refractivity contribution in [2.75, 3.05) is 63.2 Å². The summed E-state index contributed by atoms with van der Waals surface area (Å²) in [5, 5.41) is 12.9. The number of aryl methyl sites for hydroxylation is 2. The summed E-state index contributed by atoms with van der Waals surface area (Å²) in [6.07, 6.45) is 0.651. The number of benzene rings is 3. The molecule has 0 bridgehead atoms. The molecule has 0 fully saturated rings. The summed E-state index contributed by atoms with van der Waals surface area (Å²) in [4.78, 5) is 29.4. The second kappa shape index (κ2) is 16.3. The van der Waals surface area contributed by atoms with Crippen LogP contribution < -0.4 is 26.0 Å². The Morgan fingerprint density at radius 1 is 0.780 bits per heavy atom. The number of fused-ring (bicyclic) bond motifs is 6. The molecule has 0 saturated carbocycles. The Bertz CT molecular complexity index is 1610. The maximum Gasteiger partial charge on any atom is 0.500 e. The molecule has 0 aromatic heterocycles. The van der Waals surface area contributed by atoms with Gasteiger partial charge in [-0.1, -0.05) is 18.2 Å². The van der Waals surface area contributed by atoms with Crippen LogP contribution in [0.25, 0.3) is 0 Å². The van der Waals surface area contributed by atoms with Crippen molar-refractivity contribution >= 4 is 32.1 Å². The average Bonchev–Trinajstić information content (AvgIpc) is 3.33. The van der Waals surface area contributed by atoms with Crippen molar-refractivity contribution in [1.29, 1.82) is 0 Å². The second-order valence-electron chi connectivity index (χ2n) is 12.5. The minimum absolute atomic E-state index is 0.0903. The lowest BCUT2D eigenvalue weighted by molar-refractivity contribution is 0.0667. The number of amides is 3. The van der Waals surface area contributed by atoms with Gasteiger partial charge >= 0.3 is 14.8 Å². The molecular formula is C38H53N5O6Si. The normalized spacial score (nSPS) is 14.1. The summed E-state index contributed by atoms with van der Waals surface area (Å²) in [7, 11) is -2.79. The lowest BCUT2D eigenvalue weighted by Crippen LogP contribution is -2.50. The Morgan fingerprint density at radius 2 is 1.32 bits per heavy atom. The standard InChI is InChI=1S/C38H53N5O6Si/c1-8-39-32-24-34-30(22-26(32)6)38(31-23-27(7)33(40-9-2)25-35(31)49-34)29-17-14-13-16-28(29)36(44)43(38)20-19-42-37(45)41-18-15-21-50(46-10-3,47-11-4)48-12-5/h13-14,16-17,22-25,39-40H,8-12,15,18-21H2,1-7H3,(H2,41,42,45). The summed E-state index contributed by atoms with van der Waals surface area (Å²) < 4.78 is 24.5. The van der Waals surface area contributed by atoms with Gasteiger partial charge in [-0.2, -0.15) is 0 Å². The van der Waals surface area contributed by atoms with Crippen molar-refractivity contribution in [1.82, 2.24) is 15.5 Å². The fraction of sp³-hybridized carbons (Fsp3) is 0.474. The predicted octanol–water partition coefficient (Wildman–Crippen LogP) is 6.76. The van der Waals surface area contributed by atoms with Crippen LogP contribution in [0.5, 0.6) is 11.5 Å². The summed E-state index contributed by atoms with van der Waals surface area (Å²) in [6.45, 7) is 18.1. The van der Waals surface area contributed by atoms with E-state index in [1.807, 2.05) is 62.1 Å². The van der Waals surface area contributed by atoms with Crippen LogP contribution in [0.4, 0.5) is 16.2 Å². The SMILES string of the molecule is CCNc1cc2c(cc1C)C1(c3cc(C)c(NCC)cc3O2)c2ccccc2C(=O)N1CCNC(=O)NCCC[Si](OCC)(OCC)OCC. The zero-order valence-corrected chi connectivity index (χ0v) is 31.6. The molecule has 0 atom stereocenters. The molecule has 3 aromatic rings. The zero-order valence-electron chi connectivity index (χ0n) is 30.6. The van der Waals surface area contributed by atoms with Crippen LogP contribution in [0, 0.1) is 13.8 Å². The smallest absolute Gasteiger partial charge is 0.456 e. The van der Waals surface area contributed by atoms with E-state index in [9.17, 15) is 9.59 Å². The first-order valence-electron chi connectivity index (χ1n) is 18.0. The van der Waals surface area contributed by atoms with Crippen molar-refractivity contribution in [2.24, 2.45) is 0 Å². The third-order valence-electron chi connectivity index (χ3n) is 9.24. The number of anilines is 2. The molecule has 3 aromatic carbocycles. The van der Waals surface area contributed by atoms with E-state index in [1.165, 1.54) is 0 Å². The zero-order chi connectivity index (χ0) is 35.9. The molecular weight excluding hydrogens is 651 g/mol. The molecule has 0 unspecified atom stereocenters. The minimum atomic E-state index is -2.79. The second-order valence-corrected chi connectivity index (χ2v) is 15.2. The third kappa shape index (κ3) is 7.07. The van der Waals surface area contributed by atoms with Gasteiger partial charge < -0.3 is 44.2 Å². The molecule has 0 aliphatic carbocycles. The van der Waals surface area contributed by atoms with Gasteiger partial charge in [-0.05, 0) is 89.8 Å². The molecule has 2 aliphatic rings. The van der Waals surface area contributed by atoms with E-state index < -0.39 is 14.3 Å². The number of hydrogen-bond acceptors (Lipinski definition) is 8. The number of nitrogens with one attached hydrogen (secondary N) is 4. The van der Waals surface area contributed by atoms with Crippen LogP contribution in [0.15, 0.2) is 48.5 Å². The molecule has 50 heavy (non-hydrogen) atoms. The fourth-order valence-electron chi connectivity index (χ4n) is 7.27. The number of nitrogens with zero attached hydrogens (tertiary/aromatic N) is 1. The maximum absolute atomic E-state index is 14.4. The number of rotatable bonds is 17. The fourth-order valence-corrected chi connectivity index (χ4v) is 9.88. The van der Waals surface area contributed by atoms with Crippen molar-refractivity contribution in [3.05, 3.63) is 81.9 Å². The molecule has 0 radical (unpaired) electrons. The van der Waals surface area contributed by atoms with E-state index in [2.05, 4.69) is 61.1 Å². The average molecular weight is 704 g/mol. The first-order valence-corrected chi connectivity index (χ1v) is 19.9. The van der Waals surface area contributed by atoms with Crippen molar-refractivity contribution in [2.45, 2.75) is 66.5 Å². The molecule has 5 rings (SSSR count). The van der Waals surface area contributed by atoms with Gasteiger partial charge in [-0.25, -0.2) is 4.79 Å². The number of carbonyl (C=O) groups excluding carboxylic acids is 2. The summed E-state index contributed by atoms with van der Waals surface area (Å²) >= 11 is 0. The molecule has 2 heterocycles.